The van der Waals surface area contributed by atoms with E-state index in [1.165, 1.54) is 12.1 Å². The zero-order valence-corrected chi connectivity index (χ0v) is 15.0. The van der Waals surface area contributed by atoms with E-state index in [0.29, 0.717) is 0 Å². The van der Waals surface area contributed by atoms with Gasteiger partial charge in [-0.2, -0.15) is 4.72 Å². The molecule has 0 unspecified atom stereocenters. The third kappa shape index (κ3) is 5.41. The normalized spacial score (nSPS) is 13.5. The Labute approximate surface area is 134 Å². The number of hydrogen-bond donors (Lipinski definition) is 2. The quantitative estimate of drug-likeness (QED) is 0.799. The number of carbonyl (C=O) groups is 1. The largest absolute Gasteiger partial charge is 0.353 e. The Morgan fingerprint density at radius 2 is 1.62 bits per heavy atom. The van der Waals surface area contributed by atoms with Gasteiger partial charge in [-0.3, -0.25) is 4.79 Å². The first-order valence-electron chi connectivity index (χ1n) is 6.71. The van der Waals surface area contributed by atoms with Crippen LogP contribution in [-0.4, -0.2) is 26.4 Å². The van der Waals surface area contributed by atoms with Crippen molar-refractivity contribution in [3.05, 3.63) is 28.7 Å². The van der Waals surface area contributed by atoms with Gasteiger partial charge in [0.1, 0.15) is 6.04 Å². The Morgan fingerprint density at radius 1 is 1.10 bits per heavy atom. The van der Waals surface area contributed by atoms with Crippen molar-refractivity contribution in [2.75, 3.05) is 0 Å². The van der Waals surface area contributed by atoms with Crippen LogP contribution in [0.4, 0.5) is 0 Å². The standard InChI is InChI=1S/C14H21BrN2O3S/c1-9(2)13(14(18)16-10(3)4)17-21(19,20)12-7-5-11(15)6-8-12/h5-10,13,17H,1-4H3,(H,16,18)/t13-/m0/s1. The number of halogens is 1. The van der Waals surface area contributed by atoms with Crippen LogP contribution in [-0.2, 0) is 14.8 Å². The number of rotatable bonds is 6. The summed E-state index contributed by atoms with van der Waals surface area (Å²) in [6.07, 6.45) is 0. The fourth-order valence-electron chi connectivity index (χ4n) is 1.72. The molecule has 0 bridgehead atoms. The SMILES string of the molecule is CC(C)NC(=O)[C@@H](NS(=O)(=O)c1ccc(Br)cc1)C(C)C. The topological polar surface area (TPSA) is 75.3 Å². The molecule has 0 aliphatic carbocycles. The molecule has 0 saturated heterocycles. The molecular formula is C14H21BrN2O3S. The molecule has 0 fully saturated rings. The number of sulfonamides is 1. The van der Waals surface area contributed by atoms with E-state index in [9.17, 15) is 13.2 Å². The minimum atomic E-state index is -3.73. The fraction of sp³-hybridized carbons (Fsp3) is 0.500. The summed E-state index contributed by atoms with van der Waals surface area (Å²) in [5.41, 5.74) is 0. The molecule has 1 atom stereocenters. The van der Waals surface area contributed by atoms with E-state index >= 15 is 0 Å². The first kappa shape index (κ1) is 18.1. The lowest BCUT2D eigenvalue weighted by Crippen LogP contribution is -2.51. The maximum Gasteiger partial charge on any atom is 0.241 e. The zero-order valence-electron chi connectivity index (χ0n) is 12.6. The van der Waals surface area contributed by atoms with E-state index in [4.69, 9.17) is 0 Å². The van der Waals surface area contributed by atoms with Crippen molar-refractivity contribution < 1.29 is 13.2 Å². The predicted octanol–water partition coefficient (Wildman–Crippen LogP) is 2.28. The smallest absolute Gasteiger partial charge is 0.241 e. The van der Waals surface area contributed by atoms with Crippen LogP contribution in [0.5, 0.6) is 0 Å². The van der Waals surface area contributed by atoms with Gasteiger partial charge in [0.2, 0.25) is 15.9 Å². The predicted molar refractivity (Wildman–Crippen MR) is 86.4 cm³/mol. The van der Waals surface area contributed by atoms with Crippen LogP contribution in [0.3, 0.4) is 0 Å². The summed E-state index contributed by atoms with van der Waals surface area (Å²) < 4.78 is 28.0. The van der Waals surface area contributed by atoms with E-state index < -0.39 is 16.1 Å². The van der Waals surface area contributed by atoms with Crippen molar-refractivity contribution in [3.63, 3.8) is 0 Å². The minimum absolute atomic E-state index is 0.0454. The van der Waals surface area contributed by atoms with Gasteiger partial charge in [0.05, 0.1) is 4.90 Å². The van der Waals surface area contributed by atoms with E-state index in [1.54, 1.807) is 26.0 Å². The lowest BCUT2D eigenvalue weighted by atomic mass is 10.0. The van der Waals surface area contributed by atoms with Gasteiger partial charge in [-0.25, -0.2) is 8.42 Å². The van der Waals surface area contributed by atoms with Gasteiger partial charge >= 0.3 is 0 Å². The number of hydrogen-bond acceptors (Lipinski definition) is 3. The summed E-state index contributed by atoms with van der Waals surface area (Å²) in [6, 6.07) is 5.42. The Kier molecular flexibility index (Phi) is 6.37. The third-order valence-electron chi connectivity index (χ3n) is 2.79. The molecule has 2 N–H and O–H groups in total. The number of carbonyl (C=O) groups excluding carboxylic acids is 1. The molecule has 0 aromatic heterocycles. The highest BCUT2D eigenvalue weighted by atomic mass is 79.9. The average molecular weight is 377 g/mol. The van der Waals surface area contributed by atoms with E-state index in [-0.39, 0.29) is 22.8 Å². The second-order valence-electron chi connectivity index (χ2n) is 5.46. The highest BCUT2D eigenvalue weighted by molar-refractivity contribution is 9.10. The Bertz CT molecular complexity index is 583. The Balaban J connectivity index is 2.97. The van der Waals surface area contributed by atoms with Gasteiger partial charge in [-0.1, -0.05) is 29.8 Å². The van der Waals surface area contributed by atoms with Crippen LogP contribution in [0.2, 0.25) is 0 Å². The molecule has 1 aromatic carbocycles. The van der Waals surface area contributed by atoms with Crippen LogP contribution in [0, 0.1) is 5.92 Å². The lowest BCUT2D eigenvalue weighted by Gasteiger charge is -2.22. The first-order chi connectivity index (χ1) is 9.63. The van der Waals surface area contributed by atoms with E-state index in [2.05, 4.69) is 26.0 Å². The molecule has 0 saturated carbocycles. The number of nitrogens with one attached hydrogen (secondary N) is 2. The van der Waals surface area contributed by atoms with Crippen molar-refractivity contribution >= 4 is 31.9 Å². The summed E-state index contributed by atoms with van der Waals surface area (Å²) in [4.78, 5) is 12.2. The third-order valence-corrected chi connectivity index (χ3v) is 4.77. The molecule has 5 nitrogen and oxygen atoms in total. The maximum atomic E-state index is 12.3. The lowest BCUT2D eigenvalue weighted by molar-refractivity contribution is -0.124. The summed E-state index contributed by atoms with van der Waals surface area (Å²) in [5, 5.41) is 2.73. The average Bonchev–Trinajstić information content (AvgIpc) is 2.35. The second-order valence-corrected chi connectivity index (χ2v) is 8.09. The molecule has 118 valence electrons. The highest BCUT2D eigenvalue weighted by Gasteiger charge is 2.28. The van der Waals surface area contributed by atoms with E-state index in [1.807, 2.05) is 13.8 Å². The van der Waals surface area contributed by atoms with Crippen molar-refractivity contribution in [2.45, 2.75) is 44.7 Å². The second kappa shape index (κ2) is 7.38. The number of amides is 1. The summed E-state index contributed by atoms with van der Waals surface area (Å²) in [5.74, 6) is -0.477. The zero-order chi connectivity index (χ0) is 16.2. The Hall–Kier alpha value is -0.920. The van der Waals surface area contributed by atoms with Crippen molar-refractivity contribution in [1.82, 2.24) is 10.0 Å². The molecule has 21 heavy (non-hydrogen) atoms. The molecule has 1 aromatic rings. The van der Waals surface area contributed by atoms with Crippen molar-refractivity contribution in [1.29, 1.82) is 0 Å². The molecule has 0 spiro atoms. The maximum absolute atomic E-state index is 12.3. The monoisotopic (exact) mass is 376 g/mol. The Morgan fingerprint density at radius 3 is 2.05 bits per heavy atom. The number of benzene rings is 1. The molecule has 1 rings (SSSR count). The molecule has 7 heteroatoms. The van der Waals surface area contributed by atoms with Gasteiger partial charge in [0.15, 0.2) is 0 Å². The molecule has 0 radical (unpaired) electrons. The van der Waals surface area contributed by atoms with Crippen LogP contribution >= 0.6 is 15.9 Å². The van der Waals surface area contributed by atoms with Gasteiger partial charge < -0.3 is 5.32 Å². The molecule has 0 aliphatic heterocycles. The molecular weight excluding hydrogens is 356 g/mol. The van der Waals surface area contributed by atoms with Crippen LogP contribution in [0.25, 0.3) is 0 Å². The minimum Gasteiger partial charge on any atom is -0.353 e. The van der Waals surface area contributed by atoms with Gasteiger partial charge in [0.25, 0.3) is 0 Å². The highest BCUT2D eigenvalue weighted by Crippen LogP contribution is 2.16. The summed E-state index contributed by atoms with van der Waals surface area (Å²) in [6.45, 7) is 7.26. The van der Waals surface area contributed by atoms with Crippen LogP contribution in [0.15, 0.2) is 33.6 Å². The molecule has 1 amide bonds. The van der Waals surface area contributed by atoms with Gasteiger partial charge in [-0.15, -0.1) is 0 Å². The van der Waals surface area contributed by atoms with Gasteiger partial charge in [-0.05, 0) is 44.0 Å². The van der Waals surface area contributed by atoms with Crippen LogP contribution in [0.1, 0.15) is 27.7 Å². The molecule has 0 aliphatic rings. The summed E-state index contributed by atoms with van der Waals surface area (Å²) in [7, 11) is -3.73. The summed E-state index contributed by atoms with van der Waals surface area (Å²) >= 11 is 3.26. The fourth-order valence-corrected chi connectivity index (χ4v) is 3.32. The van der Waals surface area contributed by atoms with Crippen molar-refractivity contribution in [2.24, 2.45) is 5.92 Å². The van der Waals surface area contributed by atoms with Crippen LogP contribution < -0.4 is 10.0 Å². The molecule has 0 heterocycles. The van der Waals surface area contributed by atoms with Gasteiger partial charge in [0, 0.05) is 10.5 Å². The van der Waals surface area contributed by atoms with E-state index in [0.717, 1.165) is 4.47 Å². The first-order valence-corrected chi connectivity index (χ1v) is 8.99. The van der Waals surface area contributed by atoms with Crippen molar-refractivity contribution in [3.8, 4) is 0 Å².